The summed E-state index contributed by atoms with van der Waals surface area (Å²) in [5.74, 6) is 0.357. The standard InChI is InChI=1S/C11H17F3N4/c1-3-18(4-2)8-7-15-10-6-5-9(16-17-10)11(12,13)14/h5-6H,3-4,7-8H2,1-2H3,(H,15,17). The molecule has 0 atom stereocenters. The van der Waals surface area contributed by atoms with E-state index in [1.165, 1.54) is 6.07 Å². The molecule has 1 aromatic rings. The summed E-state index contributed by atoms with van der Waals surface area (Å²) in [5, 5.41) is 9.57. The van der Waals surface area contributed by atoms with Gasteiger partial charge in [-0.05, 0) is 25.2 Å². The number of nitrogens with one attached hydrogen (secondary N) is 1. The van der Waals surface area contributed by atoms with Crippen LogP contribution in [-0.4, -0.2) is 41.3 Å². The largest absolute Gasteiger partial charge is 0.435 e. The molecule has 0 aliphatic rings. The lowest BCUT2D eigenvalue weighted by Crippen LogP contribution is -2.28. The Hall–Kier alpha value is -1.37. The van der Waals surface area contributed by atoms with Crippen molar-refractivity contribution in [1.82, 2.24) is 15.1 Å². The van der Waals surface area contributed by atoms with Gasteiger partial charge in [0.15, 0.2) is 5.69 Å². The molecule has 0 bridgehead atoms. The fraction of sp³-hybridized carbons (Fsp3) is 0.636. The van der Waals surface area contributed by atoms with E-state index in [1.54, 1.807) is 0 Å². The molecule has 0 aromatic carbocycles. The van der Waals surface area contributed by atoms with E-state index in [0.29, 0.717) is 12.4 Å². The molecule has 0 fully saturated rings. The highest BCUT2D eigenvalue weighted by Crippen LogP contribution is 2.26. The summed E-state index contributed by atoms with van der Waals surface area (Å²) in [6.45, 7) is 7.44. The lowest BCUT2D eigenvalue weighted by Gasteiger charge is -2.18. The third-order valence-corrected chi connectivity index (χ3v) is 2.58. The van der Waals surface area contributed by atoms with Crippen molar-refractivity contribution in [3.05, 3.63) is 17.8 Å². The first-order valence-corrected chi connectivity index (χ1v) is 5.84. The van der Waals surface area contributed by atoms with Gasteiger partial charge in [0, 0.05) is 13.1 Å². The molecule has 0 spiro atoms. The van der Waals surface area contributed by atoms with E-state index in [0.717, 1.165) is 25.7 Å². The zero-order valence-corrected chi connectivity index (χ0v) is 10.5. The summed E-state index contributed by atoms with van der Waals surface area (Å²) in [4.78, 5) is 2.20. The molecule has 0 unspecified atom stereocenters. The van der Waals surface area contributed by atoms with Crippen LogP contribution < -0.4 is 5.32 Å². The molecule has 0 aliphatic carbocycles. The summed E-state index contributed by atoms with van der Waals surface area (Å²) < 4.78 is 36.7. The third kappa shape index (κ3) is 4.48. The second-order valence-electron chi connectivity index (χ2n) is 3.76. The Bertz CT molecular complexity index is 346. The van der Waals surface area contributed by atoms with Gasteiger partial charge < -0.3 is 10.2 Å². The smallest absolute Gasteiger partial charge is 0.367 e. The number of hydrogen-bond donors (Lipinski definition) is 1. The van der Waals surface area contributed by atoms with Gasteiger partial charge in [-0.25, -0.2) is 0 Å². The average Bonchev–Trinajstić information content (AvgIpc) is 2.34. The molecule has 0 saturated carbocycles. The van der Waals surface area contributed by atoms with Gasteiger partial charge in [-0.15, -0.1) is 10.2 Å². The maximum Gasteiger partial charge on any atom is 0.435 e. The van der Waals surface area contributed by atoms with Crippen molar-refractivity contribution in [2.75, 3.05) is 31.5 Å². The molecule has 18 heavy (non-hydrogen) atoms. The molecule has 1 aromatic heterocycles. The van der Waals surface area contributed by atoms with Gasteiger partial charge in [0.25, 0.3) is 0 Å². The Morgan fingerprint density at radius 1 is 1.17 bits per heavy atom. The predicted molar refractivity (Wildman–Crippen MR) is 63.3 cm³/mol. The number of halogens is 3. The SMILES string of the molecule is CCN(CC)CCNc1ccc(C(F)(F)F)nn1. The van der Waals surface area contributed by atoms with Gasteiger partial charge in [0.1, 0.15) is 5.82 Å². The quantitative estimate of drug-likeness (QED) is 0.853. The zero-order valence-electron chi connectivity index (χ0n) is 10.5. The van der Waals surface area contributed by atoms with Crippen molar-refractivity contribution < 1.29 is 13.2 Å². The Labute approximate surface area is 104 Å². The van der Waals surface area contributed by atoms with Crippen molar-refractivity contribution in [1.29, 1.82) is 0 Å². The topological polar surface area (TPSA) is 41.0 Å². The van der Waals surface area contributed by atoms with Crippen molar-refractivity contribution in [2.45, 2.75) is 20.0 Å². The maximum absolute atomic E-state index is 12.2. The van der Waals surface area contributed by atoms with E-state index in [2.05, 4.69) is 34.3 Å². The van der Waals surface area contributed by atoms with Crippen LogP contribution in [0.2, 0.25) is 0 Å². The second kappa shape index (κ2) is 6.53. The van der Waals surface area contributed by atoms with Crippen LogP contribution in [0.4, 0.5) is 19.0 Å². The number of aromatic nitrogens is 2. The summed E-state index contributed by atoms with van der Waals surface area (Å²) >= 11 is 0. The van der Waals surface area contributed by atoms with Gasteiger partial charge in [-0.3, -0.25) is 0 Å². The highest BCUT2D eigenvalue weighted by Gasteiger charge is 2.32. The van der Waals surface area contributed by atoms with Gasteiger partial charge >= 0.3 is 6.18 Å². The number of anilines is 1. The number of hydrogen-bond acceptors (Lipinski definition) is 4. The summed E-state index contributed by atoms with van der Waals surface area (Å²) in [6.07, 6.45) is -4.44. The van der Waals surface area contributed by atoms with Crippen LogP contribution in [0.15, 0.2) is 12.1 Å². The van der Waals surface area contributed by atoms with Crippen LogP contribution in [0.25, 0.3) is 0 Å². The molecule has 0 aliphatic heterocycles. The molecular formula is C11H17F3N4. The Kier molecular flexibility index (Phi) is 5.33. The van der Waals surface area contributed by atoms with Crippen molar-refractivity contribution in [3.8, 4) is 0 Å². The third-order valence-electron chi connectivity index (χ3n) is 2.58. The van der Waals surface area contributed by atoms with Crippen molar-refractivity contribution >= 4 is 5.82 Å². The highest BCUT2D eigenvalue weighted by molar-refractivity contribution is 5.33. The Balaban J connectivity index is 2.45. The number of alkyl halides is 3. The molecule has 4 nitrogen and oxygen atoms in total. The van der Waals surface area contributed by atoms with E-state index in [-0.39, 0.29) is 0 Å². The van der Waals surface area contributed by atoms with Crippen molar-refractivity contribution in [3.63, 3.8) is 0 Å². The van der Waals surface area contributed by atoms with E-state index < -0.39 is 11.9 Å². The van der Waals surface area contributed by atoms with Gasteiger partial charge in [0.05, 0.1) is 0 Å². The molecule has 0 radical (unpaired) electrons. The fourth-order valence-corrected chi connectivity index (χ4v) is 1.46. The molecule has 1 rings (SSSR count). The molecular weight excluding hydrogens is 245 g/mol. The van der Waals surface area contributed by atoms with E-state index in [1.807, 2.05) is 0 Å². The summed E-state index contributed by atoms with van der Waals surface area (Å²) in [6, 6.07) is 2.21. The zero-order chi connectivity index (χ0) is 13.6. The minimum Gasteiger partial charge on any atom is -0.367 e. The molecule has 0 amide bonds. The first-order chi connectivity index (χ1) is 8.47. The Morgan fingerprint density at radius 3 is 2.28 bits per heavy atom. The lowest BCUT2D eigenvalue weighted by atomic mass is 10.4. The number of nitrogens with zero attached hydrogens (tertiary/aromatic N) is 3. The molecule has 7 heteroatoms. The maximum atomic E-state index is 12.2. The van der Waals surface area contributed by atoms with Crippen LogP contribution in [0.3, 0.4) is 0 Å². The average molecular weight is 262 g/mol. The number of rotatable bonds is 6. The van der Waals surface area contributed by atoms with Crippen molar-refractivity contribution in [2.24, 2.45) is 0 Å². The molecule has 0 saturated heterocycles. The van der Waals surface area contributed by atoms with Crippen LogP contribution in [0, 0.1) is 0 Å². The lowest BCUT2D eigenvalue weighted by molar-refractivity contribution is -0.141. The van der Waals surface area contributed by atoms with Crippen LogP contribution in [0.1, 0.15) is 19.5 Å². The summed E-state index contributed by atoms with van der Waals surface area (Å²) in [7, 11) is 0. The minimum absolute atomic E-state index is 0.357. The first kappa shape index (κ1) is 14.7. The van der Waals surface area contributed by atoms with E-state index >= 15 is 0 Å². The number of likely N-dealkylation sites (N-methyl/N-ethyl adjacent to an activating group) is 1. The fourth-order valence-electron chi connectivity index (χ4n) is 1.46. The first-order valence-electron chi connectivity index (χ1n) is 5.84. The molecule has 102 valence electrons. The van der Waals surface area contributed by atoms with Crippen LogP contribution in [0.5, 0.6) is 0 Å². The highest BCUT2D eigenvalue weighted by atomic mass is 19.4. The van der Waals surface area contributed by atoms with Crippen LogP contribution >= 0.6 is 0 Å². The minimum atomic E-state index is -4.44. The Morgan fingerprint density at radius 2 is 1.83 bits per heavy atom. The summed E-state index contributed by atoms with van der Waals surface area (Å²) in [5.41, 5.74) is -0.975. The second-order valence-corrected chi connectivity index (χ2v) is 3.76. The monoisotopic (exact) mass is 262 g/mol. The van der Waals surface area contributed by atoms with E-state index in [9.17, 15) is 13.2 Å². The van der Waals surface area contributed by atoms with E-state index in [4.69, 9.17) is 0 Å². The van der Waals surface area contributed by atoms with Crippen LogP contribution in [-0.2, 0) is 6.18 Å². The van der Waals surface area contributed by atoms with Gasteiger partial charge in [-0.2, -0.15) is 13.2 Å². The van der Waals surface area contributed by atoms with Gasteiger partial charge in [0.2, 0.25) is 0 Å². The normalized spacial score (nSPS) is 11.9. The van der Waals surface area contributed by atoms with Gasteiger partial charge in [-0.1, -0.05) is 13.8 Å². The molecule has 1 N–H and O–H groups in total. The predicted octanol–water partition coefficient (Wildman–Crippen LogP) is 2.25. The molecule has 1 heterocycles.